The van der Waals surface area contributed by atoms with E-state index in [1.54, 1.807) is 6.92 Å². The fourth-order valence-electron chi connectivity index (χ4n) is 1.33. The number of hydrogen-bond acceptors (Lipinski definition) is 2. The van der Waals surface area contributed by atoms with E-state index in [1.807, 2.05) is 0 Å². The molecule has 0 spiro atoms. The van der Waals surface area contributed by atoms with E-state index in [4.69, 9.17) is 0 Å². The number of carbonyl (C=O) groups excluding carboxylic acids is 2. The number of nitrogens with one attached hydrogen (secondary N) is 1. The first-order chi connectivity index (χ1) is 7.16. The zero-order chi connectivity index (χ0) is 11.5. The van der Waals surface area contributed by atoms with Crippen LogP contribution in [0.2, 0.25) is 0 Å². The van der Waals surface area contributed by atoms with Gasteiger partial charge in [-0.3, -0.25) is 4.79 Å². The molecule has 15 heavy (non-hydrogen) atoms. The molecular formula is C12H23NO2. The molecule has 0 unspecified atom stereocenters. The lowest BCUT2D eigenvalue weighted by Crippen LogP contribution is -2.23. The van der Waals surface area contributed by atoms with Gasteiger partial charge in [-0.05, 0) is 26.2 Å². The summed E-state index contributed by atoms with van der Waals surface area (Å²) in [5.41, 5.74) is 0. The first-order valence-corrected chi connectivity index (χ1v) is 5.93. The van der Waals surface area contributed by atoms with Crippen LogP contribution in [-0.4, -0.2) is 18.2 Å². The summed E-state index contributed by atoms with van der Waals surface area (Å²) in [4.78, 5) is 21.8. The first kappa shape index (κ1) is 14.1. The third-order valence-electron chi connectivity index (χ3n) is 2.29. The first-order valence-electron chi connectivity index (χ1n) is 5.93. The van der Waals surface area contributed by atoms with Crippen LogP contribution >= 0.6 is 0 Å². The van der Waals surface area contributed by atoms with Crippen LogP contribution in [0.3, 0.4) is 0 Å². The molecule has 0 aromatic heterocycles. The fraction of sp³-hybridized carbons (Fsp3) is 0.833. The Hall–Kier alpha value is -0.860. The molecule has 0 saturated carbocycles. The highest BCUT2D eigenvalue weighted by molar-refractivity contribution is 5.75. The van der Waals surface area contributed by atoms with Gasteiger partial charge in [0, 0.05) is 19.4 Å². The van der Waals surface area contributed by atoms with E-state index in [2.05, 4.69) is 12.2 Å². The van der Waals surface area contributed by atoms with Crippen molar-refractivity contribution in [3.8, 4) is 0 Å². The second-order valence-electron chi connectivity index (χ2n) is 3.97. The minimum Gasteiger partial charge on any atom is -0.356 e. The van der Waals surface area contributed by atoms with Crippen molar-refractivity contribution in [2.45, 2.75) is 58.8 Å². The monoisotopic (exact) mass is 213 g/mol. The molecule has 0 radical (unpaired) electrons. The number of Topliss-reactive ketones (excluding diaryl/α,β-unsaturated/α-hetero) is 1. The maximum Gasteiger partial charge on any atom is 0.219 e. The highest BCUT2D eigenvalue weighted by atomic mass is 16.1. The van der Waals surface area contributed by atoms with Crippen LogP contribution < -0.4 is 5.32 Å². The van der Waals surface area contributed by atoms with Gasteiger partial charge < -0.3 is 10.1 Å². The standard InChI is InChI=1S/C12H23NO2/c1-3-4-9-12(15)13-10-7-5-6-8-11(2)14/h3-10H2,1-2H3,(H,13,15). The van der Waals surface area contributed by atoms with Crippen LogP contribution in [0.15, 0.2) is 0 Å². The summed E-state index contributed by atoms with van der Waals surface area (Å²) in [5.74, 6) is 0.408. The zero-order valence-electron chi connectivity index (χ0n) is 9.97. The number of hydrogen-bond donors (Lipinski definition) is 1. The molecule has 0 atom stereocenters. The molecule has 0 fully saturated rings. The third-order valence-corrected chi connectivity index (χ3v) is 2.29. The molecule has 0 aromatic rings. The largest absolute Gasteiger partial charge is 0.356 e. The van der Waals surface area contributed by atoms with Crippen LogP contribution in [0.25, 0.3) is 0 Å². The molecule has 0 aromatic carbocycles. The minimum atomic E-state index is 0.156. The fourth-order valence-corrected chi connectivity index (χ4v) is 1.33. The molecule has 88 valence electrons. The molecular weight excluding hydrogens is 190 g/mol. The Balaban J connectivity index is 3.16. The van der Waals surface area contributed by atoms with E-state index in [0.717, 1.165) is 38.6 Å². The summed E-state index contributed by atoms with van der Waals surface area (Å²) in [5, 5.41) is 2.88. The van der Waals surface area contributed by atoms with Crippen molar-refractivity contribution in [1.29, 1.82) is 0 Å². The Morgan fingerprint density at radius 1 is 1.00 bits per heavy atom. The van der Waals surface area contributed by atoms with E-state index >= 15 is 0 Å². The van der Waals surface area contributed by atoms with E-state index in [9.17, 15) is 9.59 Å². The van der Waals surface area contributed by atoms with Crippen molar-refractivity contribution in [3.05, 3.63) is 0 Å². The lowest BCUT2D eigenvalue weighted by atomic mass is 10.1. The number of rotatable bonds is 9. The van der Waals surface area contributed by atoms with E-state index in [1.165, 1.54) is 0 Å². The highest BCUT2D eigenvalue weighted by Crippen LogP contribution is 1.99. The topological polar surface area (TPSA) is 46.2 Å². The van der Waals surface area contributed by atoms with Gasteiger partial charge in [-0.1, -0.05) is 19.8 Å². The molecule has 3 heteroatoms. The Kier molecular flexibility index (Phi) is 9.13. The number of ketones is 1. The van der Waals surface area contributed by atoms with Gasteiger partial charge in [-0.25, -0.2) is 0 Å². The smallest absolute Gasteiger partial charge is 0.219 e. The van der Waals surface area contributed by atoms with Crippen molar-refractivity contribution >= 4 is 11.7 Å². The minimum absolute atomic E-state index is 0.156. The Labute approximate surface area is 92.6 Å². The van der Waals surface area contributed by atoms with Gasteiger partial charge in [0.2, 0.25) is 5.91 Å². The molecule has 0 heterocycles. The molecule has 0 rings (SSSR count). The predicted octanol–water partition coefficient (Wildman–Crippen LogP) is 2.44. The maximum absolute atomic E-state index is 11.2. The van der Waals surface area contributed by atoms with Gasteiger partial charge in [0.15, 0.2) is 0 Å². The van der Waals surface area contributed by atoms with Gasteiger partial charge in [-0.2, -0.15) is 0 Å². The van der Waals surface area contributed by atoms with E-state index in [-0.39, 0.29) is 11.7 Å². The quantitative estimate of drug-likeness (QED) is 0.598. The molecule has 0 aliphatic rings. The molecule has 3 nitrogen and oxygen atoms in total. The van der Waals surface area contributed by atoms with Gasteiger partial charge >= 0.3 is 0 Å². The van der Waals surface area contributed by atoms with E-state index in [0.29, 0.717) is 12.8 Å². The summed E-state index contributed by atoms with van der Waals surface area (Å²) in [6.45, 7) is 4.45. The third kappa shape index (κ3) is 11.1. The van der Waals surface area contributed by atoms with Crippen LogP contribution in [0.1, 0.15) is 58.8 Å². The molecule has 0 aliphatic carbocycles. The Morgan fingerprint density at radius 2 is 1.73 bits per heavy atom. The summed E-state index contributed by atoms with van der Waals surface area (Å²) < 4.78 is 0. The summed E-state index contributed by atoms with van der Waals surface area (Å²) in [7, 11) is 0. The summed E-state index contributed by atoms with van der Waals surface area (Å²) >= 11 is 0. The molecule has 0 bridgehead atoms. The highest BCUT2D eigenvalue weighted by Gasteiger charge is 1.99. The predicted molar refractivity (Wildman–Crippen MR) is 61.7 cm³/mol. The van der Waals surface area contributed by atoms with Crippen LogP contribution in [-0.2, 0) is 9.59 Å². The van der Waals surface area contributed by atoms with Crippen LogP contribution in [0.4, 0.5) is 0 Å². The van der Waals surface area contributed by atoms with Crippen molar-refractivity contribution in [3.63, 3.8) is 0 Å². The molecule has 1 N–H and O–H groups in total. The Morgan fingerprint density at radius 3 is 2.33 bits per heavy atom. The van der Waals surface area contributed by atoms with Crippen LogP contribution in [0.5, 0.6) is 0 Å². The van der Waals surface area contributed by atoms with Gasteiger partial charge in [0.25, 0.3) is 0 Å². The number of amides is 1. The van der Waals surface area contributed by atoms with Gasteiger partial charge in [-0.15, -0.1) is 0 Å². The molecule has 0 aliphatic heterocycles. The van der Waals surface area contributed by atoms with E-state index < -0.39 is 0 Å². The van der Waals surface area contributed by atoms with Crippen molar-refractivity contribution in [2.75, 3.05) is 6.54 Å². The summed E-state index contributed by atoms with van der Waals surface area (Å²) in [6, 6.07) is 0. The average molecular weight is 213 g/mol. The maximum atomic E-state index is 11.2. The zero-order valence-corrected chi connectivity index (χ0v) is 9.97. The number of carbonyl (C=O) groups is 2. The lowest BCUT2D eigenvalue weighted by Gasteiger charge is -2.03. The molecule has 0 saturated heterocycles. The summed E-state index contributed by atoms with van der Waals surface area (Å²) in [6.07, 6.45) is 6.29. The normalized spacial score (nSPS) is 10.0. The van der Waals surface area contributed by atoms with Crippen molar-refractivity contribution in [1.82, 2.24) is 5.32 Å². The second-order valence-corrected chi connectivity index (χ2v) is 3.97. The average Bonchev–Trinajstić information content (AvgIpc) is 2.19. The van der Waals surface area contributed by atoms with Gasteiger partial charge in [0.1, 0.15) is 5.78 Å². The Bertz CT molecular complexity index is 190. The van der Waals surface area contributed by atoms with Crippen molar-refractivity contribution < 1.29 is 9.59 Å². The SMILES string of the molecule is CCCCC(=O)NCCCCCC(C)=O. The van der Waals surface area contributed by atoms with Crippen LogP contribution in [0, 0.1) is 0 Å². The lowest BCUT2D eigenvalue weighted by molar-refractivity contribution is -0.121. The number of unbranched alkanes of at least 4 members (excludes halogenated alkanes) is 3. The van der Waals surface area contributed by atoms with Gasteiger partial charge in [0.05, 0.1) is 0 Å². The molecule has 1 amide bonds. The second kappa shape index (κ2) is 9.69. The van der Waals surface area contributed by atoms with Crippen molar-refractivity contribution in [2.24, 2.45) is 0 Å².